The van der Waals surface area contributed by atoms with Crippen molar-refractivity contribution in [3.05, 3.63) is 49.9 Å². The van der Waals surface area contributed by atoms with E-state index in [4.69, 9.17) is 0 Å². The van der Waals surface area contributed by atoms with E-state index in [0.29, 0.717) is 0 Å². The van der Waals surface area contributed by atoms with Crippen molar-refractivity contribution in [2.24, 2.45) is 0 Å². The quantitative estimate of drug-likeness (QED) is 0.494. The maximum absolute atomic E-state index is 3.58. The van der Waals surface area contributed by atoms with Crippen LogP contribution in [0.3, 0.4) is 0 Å². The summed E-state index contributed by atoms with van der Waals surface area (Å²) in [5.41, 5.74) is 0. The van der Waals surface area contributed by atoms with Gasteiger partial charge in [0.25, 0.3) is 0 Å². The van der Waals surface area contributed by atoms with Crippen LogP contribution < -0.4 is 10.6 Å². The Morgan fingerprint density at radius 1 is 0.750 bits per heavy atom. The van der Waals surface area contributed by atoms with Gasteiger partial charge in [0.15, 0.2) is 0 Å². The van der Waals surface area contributed by atoms with Gasteiger partial charge in [0.05, 0.1) is 0 Å². The summed E-state index contributed by atoms with van der Waals surface area (Å²) in [5, 5.41) is 6.35. The van der Waals surface area contributed by atoms with Gasteiger partial charge < -0.3 is 10.6 Å². The molecule has 0 radical (unpaired) electrons. The maximum atomic E-state index is 3.58. The molecule has 16 heavy (non-hydrogen) atoms. The zero-order chi connectivity index (χ0) is 10.5. The molecule has 0 rings (SSSR count). The normalized spacial score (nSPS) is 9.25. The molecule has 0 fully saturated rings. The van der Waals surface area contributed by atoms with Gasteiger partial charge in [-0.3, -0.25) is 0 Å². The number of hydrogen-bond acceptors (Lipinski definition) is 2. The molecule has 94 valence electrons. The van der Waals surface area contributed by atoms with Crippen molar-refractivity contribution in [1.29, 1.82) is 0 Å². The molecule has 0 aromatic rings. The van der Waals surface area contributed by atoms with Gasteiger partial charge in [-0.15, -0.1) is 24.8 Å². The van der Waals surface area contributed by atoms with E-state index in [-0.39, 0.29) is 24.8 Å². The van der Waals surface area contributed by atoms with Crippen molar-refractivity contribution in [3.63, 3.8) is 0 Å². The largest absolute Gasteiger partial charge is 0.391 e. The van der Waals surface area contributed by atoms with Crippen LogP contribution in [0.4, 0.5) is 0 Å². The Hall–Kier alpha value is -0.860. The van der Waals surface area contributed by atoms with Crippen LogP contribution in [0.1, 0.15) is 12.8 Å². The Morgan fingerprint density at radius 3 is 1.44 bits per heavy atom. The first-order chi connectivity index (χ1) is 6.91. The lowest BCUT2D eigenvalue weighted by molar-refractivity contribution is 0.669. The first-order valence-corrected chi connectivity index (χ1v) is 4.93. The molecule has 0 aliphatic rings. The molecule has 0 aliphatic carbocycles. The Balaban J connectivity index is -0.000000845. The highest BCUT2D eigenvalue weighted by Gasteiger charge is 1.84. The van der Waals surface area contributed by atoms with Crippen molar-refractivity contribution in [3.8, 4) is 0 Å². The summed E-state index contributed by atoms with van der Waals surface area (Å²) >= 11 is 0. The van der Waals surface area contributed by atoms with E-state index in [9.17, 15) is 0 Å². The maximum Gasteiger partial charge on any atom is 0.0142 e. The van der Waals surface area contributed by atoms with E-state index in [1.54, 1.807) is 12.2 Å². The highest BCUT2D eigenvalue weighted by molar-refractivity contribution is 5.85. The van der Waals surface area contributed by atoms with Crippen LogP contribution in [-0.2, 0) is 0 Å². The topological polar surface area (TPSA) is 24.1 Å². The molecule has 2 N–H and O–H groups in total. The Bertz CT molecular complexity index is 179. The van der Waals surface area contributed by atoms with Crippen LogP contribution in [-0.4, -0.2) is 13.1 Å². The molecule has 0 unspecified atom stereocenters. The number of halogens is 2. The van der Waals surface area contributed by atoms with Gasteiger partial charge in [-0.05, 0) is 37.4 Å². The third-order valence-corrected chi connectivity index (χ3v) is 1.59. The van der Waals surface area contributed by atoms with Gasteiger partial charge in [-0.25, -0.2) is 0 Å². The Labute approximate surface area is 111 Å². The number of allylic oxidation sites excluding steroid dienone is 4. The van der Waals surface area contributed by atoms with Crippen LogP contribution >= 0.6 is 24.8 Å². The molecule has 0 spiro atoms. The summed E-state index contributed by atoms with van der Waals surface area (Å²) in [6.45, 7) is 9.19. The van der Waals surface area contributed by atoms with Crippen LogP contribution in [0, 0.1) is 0 Å². The molecule has 0 saturated carbocycles. The molecule has 0 bridgehead atoms. The third-order valence-electron chi connectivity index (χ3n) is 1.59. The zero-order valence-corrected chi connectivity index (χ0v) is 11.2. The molecule has 0 saturated heterocycles. The van der Waals surface area contributed by atoms with Crippen LogP contribution in [0.15, 0.2) is 49.9 Å². The van der Waals surface area contributed by atoms with E-state index in [1.165, 1.54) is 0 Å². The molecule has 0 atom stereocenters. The van der Waals surface area contributed by atoms with Gasteiger partial charge in [-0.1, -0.05) is 25.3 Å². The van der Waals surface area contributed by atoms with Crippen LogP contribution in [0.5, 0.6) is 0 Å². The number of nitrogens with one attached hydrogen (secondary N) is 2. The summed E-state index contributed by atoms with van der Waals surface area (Å²) in [6, 6.07) is 0. The smallest absolute Gasteiger partial charge is 0.0142 e. The van der Waals surface area contributed by atoms with Crippen LogP contribution in [0.2, 0.25) is 0 Å². The molecule has 0 aliphatic heterocycles. The zero-order valence-electron chi connectivity index (χ0n) is 9.52. The summed E-state index contributed by atoms with van der Waals surface area (Å²) in [7, 11) is 0. The van der Waals surface area contributed by atoms with Crippen LogP contribution in [0.25, 0.3) is 0 Å². The molecular weight excluding hydrogens is 243 g/mol. The fraction of sp³-hybridized carbons (Fsp3) is 0.333. The molecule has 0 aromatic heterocycles. The summed E-state index contributed by atoms with van der Waals surface area (Å²) < 4.78 is 0. The lowest BCUT2D eigenvalue weighted by Gasteiger charge is -2.01. The Morgan fingerprint density at radius 2 is 1.12 bits per heavy atom. The van der Waals surface area contributed by atoms with E-state index in [0.717, 1.165) is 25.9 Å². The van der Waals surface area contributed by atoms with Gasteiger partial charge >= 0.3 is 0 Å². The Kier molecular flexibility index (Phi) is 25.3. The standard InChI is InChI=1S/C12H20N2.2ClH/c1-3-5-9-13-11-7-8-12-14-10-6-4-2;;/h3-6,9-10,13-14H,1-2,7-8,11-12H2;2*1H. The predicted molar refractivity (Wildman–Crippen MR) is 78.4 cm³/mol. The second-order valence-corrected chi connectivity index (χ2v) is 2.80. The lowest BCUT2D eigenvalue weighted by Crippen LogP contribution is -2.11. The van der Waals surface area contributed by atoms with Gasteiger partial charge in [0, 0.05) is 13.1 Å². The molecule has 2 nitrogen and oxygen atoms in total. The number of hydrogen-bond donors (Lipinski definition) is 2. The van der Waals surface area contributed by atoms with Gasteiger partial charge in [0.2, 0.25) is 0 Å². The van der Waals surface area contributed by atoms with E-state index < -0.39 is 0 Å². The molecule has 0 amide bonds. The lowest BCUT2D eigenvalue weighted by atomic mass is 10.3. The van der Waals surface area contributed by atoms with E-state index >= 15 is 0 Å². The van der Waals surface area contributed by atoms with Crippen molar-refractivity contribution in [2.75, 3.05) is 13.1 Å². The first-order valence-electron chi connectivity index (χ1n) is 4.93. The van der Waals surface area contributed by atoms with E-state index in [2.05, 4.69) is 23.8 Å². The average molecular weight is 265 g/mol. The fourth-order valence-electron chi connectivity index (χ4n) is 0.893. The molecular formula is C12H22Cl2N2. The summed E-state index contributed by atoms with van der Waals surface area (Å²) in [5.74, 6) is 0. The van der Waals surface area contributed by atoms with E-state index in [1.807, 2.05) is 24.6 Å². The van der Waals surface area contributed by atoms with Gasteiger partial charge in [-0.2, -0.15) is 0 Å². The fourth-order valence-corrected chi connectivity index (χ4v) is 0.893. The van der Waals surface area contributed by atoms with Crippen molar-refractivity contribution in [2.45, 2.75) is 12.8 Å². The number of unbranched alkanes of at least 4 members (excludes halogenated alkanes) is 1. The summed E-state index contributed by atoms with van der Waals surface area (Å²) in [6.07, 6.45) is 13.5. The third kappa shape index (κ3) is 18.8. The molecule has 0 heterocycles. The monoisotopic (exact) mass is 264 g/mol. The molecule has 0 aromatic carbocycles. The molecule has 4 heteroatoms. The second-order valence-electron chi connectivity index (χ2n) is 2.80. The minimum absolute atomic E-state index is 0. The summed E-state index contributed by atoms with van der Waals surface area (Å²) in [4.78, 5) is 0. The SMILES string of the molecule is C=CC=CNCCCCNC=CC=C.Cl.Cl. The minimum Gasteiger partial charge on any atom is -0.391 e. The minimum atomic E-state index is 0. The highest BCUT2D eigenvalue weighted by atomic mass is 35.5. The van der Waals surface area contributed by atoms with Gasteiger partial charge in [0.1, 0.15) is 0 Å². The van der Waals surface area contributed by atoms with Crippen molar-refractivity contribution >= 4 is 24.8 Å². The van der Waals surface area contributed by atoms with Crippen molar-refractivity contribution < 1.29 is 0 Å². The first kappa shape index (κ1) is 20.5. The average Bonchev–Trinajstić information content (AvgIpc) is 2.21. The van der Waals surface area contributed by atoms with Crippen molar-refractivity contribution in [1.82, 2.24) is 10.6 Å². The number of rotatable bonds is 9. The predicted octanol–water partition coefficient (Wildman–Crippen LogP) is 3.19. The highest BCUT2D eigenvalue weighted by Crippen LogP contribution is 1.84. The second kappa shape index (κ2) is 19.7.